The van der Waals surface area contributed by atoms with E-state index >= 15 is 0 Å². The molecule has 1 atom stereocenters. The van der Waals surface area contributed by atoms with E-state index in [0.717, 1.165) is 17.7 Å². The van der Waals surface area contributed by atoms with Crippen LogP contribution in [-0.4, -0.2) is 12.0 Å². The first-order valence-corrected chi connectivity index (χ1v) is 4.27. The Labute approximate surface area is 76.5 Å². The van der Waals surface area contributed by atoms with Crippen LogP contribution in [0.2, 0.25) is 0 Å². The van der Waals surface area contributed by atoms with E-state index in [2.05, 4.69) is 0 Å². The Morgan fingerprint density at radius 3 is 3.08 bits per heavy atom. The number of amides is 1. The van der Waals surface area contributed by atoms with Crippen LogP contribution in [0.4, 0.5) is 0 Å². The quantitative estimate of drug-likeness (QED) is 0.698. The van der Waals surface area contributed by atoms with E-state index in [1.165, 1.54) is 0 Å². The minimum absolute atomic E-state index is 0.149. The molecule has 13 heavy (non-hydrogen) atoms. The van der Waals surface area contributed by atoms with Gasteiger partial charge in [0.15, 0.2) is 0 Å². The van der Waals surface area contributed by atoms with Gasteiger partial charge >= 0.3 is 0 Å². The van der Waals surface area contributed by atoms with Crippen LogP contribution in [0.25, 0.3) is 0 Å². The molecule has 3 heteroatoms. The molecular weight excluding hydrogens is 166 g/mol. The average molecular weight is 177 g/mol. The molecule has 1 aromatic rings. The smallest absolute Gasteiger partial charge is 0.249 e. The Balaban J connectivity index is 2.51. The molecule has 3 nitrogen and oxygen atoms in total. The highest BCUT2D eigenvalue weighted by molar-refractivity contribution is 5.95. The lowest BCUT2D eigenvalue weighted by Crippen LogP contribution is -2.13. The summed E-state index contributed by atoms with van der Waals surface area (Å²) in [5.41, 5.74) is 6.77. The van der Waals surface area contributed by atoms with Crippen LogP contribution in [-0.2, 0) is 6.42 Å². The molecule has 1 unspecified atom stereocenters. The standard InChI is InChI=1S/C10H11NO2/c1-6-5-8-7(10(11)12)3-2-4-9(8)13-6/h2-4,6H,5H2,1H3,(H2,11,12). The van der Waals surface area contributed by atoms with Crippen molar-refractivity contribution in [2.24, 2.45) is 5.73 Å². The molecule has 1 aliphatic rings. The van der Waals surface area contributed by atoms with E-state index in [0.29, 0.717) is 5.56 Å². The van der Waals surface area contributed by atoms with Gasteiger partial charge in [-0.25, -0.2) is 0 Å². The number of ether oxygens (including phenoxy) is 1. The van der Waals surface area contributed by atoms with Gasteiger partial charge in [-0.3, -0.25) is 4.79 Å². The van der Waals surface area contributed by atoms with Gasteiger partial charge in [0.05, 0.1) is 0 Å². The first-order chi connectivity index (χ1) is 6.18. The fraction of sp³-hybridized carbons (Fsp3) is 0.300. The zero-order chi connectivity index (χ0) is 9.42. The van der Waals surface area contributed by atoms with Gasteiger partial charge in [-0.05, 0) is 19.1 Å². The molecule has 2 N–H and O–H groups in total. The fourth-order valence-electron chi connectivity index (χ4n) is 1.66. The van der Waals surface area contributed by atoms with E-state index in [1.807, 2.05) is 13.0 Å². The van der Waals surface area contributed by atoms with Gasteiger partial charge in [-0.2, -0.15) is 0 Å². The summed E-state index contributed by atoms with van der Waals surface area (Å²) >= 11 is 0. The summed E-state index contributed by atoms with van der Waals surface area (Å²) < 4.78 is 5.49. The Bertz CT molecular complexity index is 360. The van der Waals surface area contributed by atoms with E-state index < -0.39 is 0 Å². The van der Waals surface area contributed by atoms with E-state index in [1.54, 1.807) is 12.1 Å². The van der Waals surface area contributed by atoms with Gasteiger partial charge in [0.2, 0.25) is 5.91 Å². The summed E-state index contributed by atoms with van der Waals surface area (Å²) in [5, 5.41) is 0. The SMILES string of the molecule is CC1Cc2c(cccc2C(N)=O)O1. The topological polar surface area (TPSA) is 52.3 Å². The van der Waals surface area contributed by atoms with Crippen molar-refractivity contribution in [1.82, 2.24) is 0 Å². The largest absolute Gasteiger partial charge is 0.490 e. The molecular formula is C10H11NO2. The van der Waals surface area contributed by atoms with E-state index in [9.17, 15) is 4.79 Å². The van der Waals surface area contributed by atoms with Crippen molar-refractivity contribution in [3.8, 4) is 5.75 Å². The number of hydrogen-bond donors (Lipinski definition) is 1. The molecule has 1 heterocycles. The third kappa shape index (κ3) is 1.26. The third-order valence-electron chi connectivity index (χ3n) is 2.22. The number of rotatable bonds is 1. The molecule has 68 valence electrons. The van der Waals surface area contributed by atoms with Crippen LogP contribution in [0.1, 0.15) is 22.8 Å². The highest BCUT2D eigenvalue weighted by Gasteiger charge is 2.23. The monoisotopic (exact) mass is 177 g/mol. The lowest BCUT2D eigenvalue weighted by molar-refractivity contribution is 0.0999. The molecule has 1 aromatic carbocycles. The molecule has 0 fully saturated rings. The van der Waals surface area contributed by atoms with Gasteiger partial charge in [0.1, 0.15) is 11.9 Å². The highest BCUT2D eigenvalue weighted by atomic mass is 16.5. The minimum Gasteiger partial charge on any atom is -0.490 e. The first kappa shape index (κ1) is 8.10. The predicted octanol–water partition coefficient (Wildman–Crippen LogP) is 1.11. The first-order valence-electron chi connectivity index (χ1n) is 4.27. The number of carbonyl (C=O) groups excluding carboxylic acids is 1. The zero-order valence-corrected chi connectivity index (χ0v) is 7.41. The number of carbonyl (C=O) groups is 1. The van der Waals surface area contributed by atoms with Gasteiger partial charge in [0.25, 0.3) is 0 Å². The molecule has 0 bridgehead atoms. The second-order valence-electron chi connectivity index (χ2n) is 3.28. The normalized spacial score (nSPS) is 19.3. The number of primary amides is 1. The minimum atomic E-state index is -0.380. The van der Waals surface area contributed by atoms with Crippen molar-refractivity contribution in [1.29, 1.82) is 0 Å². The zero-order valence-electron chi connectivity index (χ0n) is 7.41. The van der Waals surface area contributed by atoms with Crippen molar-refractivity contribution in [2.75, 3.05) is 0 Å². The molecule has 1 aliphatic heterocycles. The van der Waals surface area contributed by atoms with Gasteiger partial charge in [0, 0.05) is 17.5 Å². The maximum atomic E-state index is 11.0. The van der Waals surface area contributed by atoms with Crippen LogP contribution in [0.3, 0.4) is 0 Å². The summed E-state index contributed by atoms with van der Waals surface area (Å²) in [4.78, 5) is 11.0. The molecule has 0 radical (unpaired) electrons. The Hall–Kier alpha value is -1.51. The molecule has 0 aromatic heterocycles. The summed E-state index contributed by atoms with van der Waals surface area (Å²) in [7, 11) is 0. The lowest BCUT2D eigenvalue weighted by atomic mass is 10.0. The van der Waals surface area contributed by atoms with Crippen molar-refractivity contribution in [3.05, 3.63) is 29.3 Å². The maximum Gasteiger partial charge on any atom is 0.249 e. The number of hydrogen-bond acceptors (Lipinski definition) is 2. The van der Waals surface area contributed by atoms with Crippen molar-refractivity contribution in [3.63, 3.8) is 0 Å². The second-order valence-corrected chi connectivity index (χ2v) is 3.28. The van der Waals surface area contributed by atoms with Crippen LogP contribution < -0.4 is 10.5 Å². The van der Waals surface area contributed by atoms with Crippen molar-refractivity contribution < 1.29 is 9.53 Å². The van der Waals surface area contributed by atoms with Crippen LogP contribution >= 0.6 is 0 Å². The highest BCUT2D eigenvalue weighted by Crippen LogP contribution is 2.30. The Morgan fingerprint density at radius 1 is 1.62 bits per heavy atom. The summed E-state index contributed by atoms with van der Waals surface area (Å²) in [6.45, 7) is 1.98. The molecule has 1 amide bonds. The molecule has 0 aliphatic carbocycles. The van der Waals surface area contributed by atoms with Crippen LogP contribution in [0, 0.1) is 0 Å². The van der Waals surface area contributed by atoms with E-state index in [-0.39, 0.29) is 12.0 Å². The molecule has 2 rings (SSSR count). The van der Waals surface area contributed by atoms with Crippen molar-refractivity contribution in [2.45, 2.75) is 19.4 Å². The number of benzene rings is 1. The van der Waals surface area contributed by atoms with Gasteiger partial charge < -0.3 is 10.5 Å². The van der Waals surface area contributed by atoms with Crippen molar-refractivity contribution >= 4 is 5.91 Å². The van der Waals surface area contributed by atoms with E-state index in [4.69, 9.17) is 10.5 Å². The van der Waals surface area contributed by atoms with Gasteiger partial charge in [-0.15, -0.1) is 0 Å². The maximum absolute atomic E-state index is 11.0. The summed E-state index contributed by atoms with van der Waals surface area (Å²) in [6, 6.07) is 5.39. The summed E-state index contributed by atoms with van der Waals surface area (Å²) in [6.07, 6.45) is 0.921. The second kappa shape index (κ2) is 2.76. The van der Waals surface area contributed by atoms with Crippen LogP contribution in [0.15, 0.2) is 18.2 Å². The average Bonchev–Trinajstić information content (AvgIpc) is 2.43. The predicted molar refractivity (Wildman–Crippen MR) is 48.8 cm³/mol. The molecule has 0 saturated carbocycles. The number of nitrogens with two attached hydrogens (primary N) is 1. The Morgan fingerprint density at radius 2 is 2.38 bits per heavy atom. The fourth-order valence-corrected chi connectivity index (χ4v) is 1.66. The van der Waals surface area contributed by atoms with Crippen LogP contribution in [0.5, 0.6) is 5.75 Å². The Kier molecular flexibility index (Phi) is 1.72. The summed E-state index contributed by atoms with van der Waals surface area (Å²) in [5.74, 6) is 0.415. The number of fused-ring (bicyclic) bond motifs is 1. The third-order valence-corrected chi connectivity index (χ3v) is 2.22. The molecule has 0 spiro atoms. The lowest BCUT2D eigenvalue weighted by Gasteiger charge is -2.02. The molecule has 0 saturated heterocycles. The van der Waals surface area contributed by atoms with Gasteiger partial charge in [-0.1, -0.05) is 6.07 Å².